The Morgan fingerprint density at radius 1 is 1.33 bits per heavy atom. The molecular weight excluding hydrogens is 330 g/mol. The van der Waals surface area contributed by atoms with Crippen LogP contribution in [-0.2, 0) is 9.59 Å². The number of aliphatic carboxylic acids is 1. The number of amides is 1. The van der Waals surface area contributed by atoms with Crippen molar-refractivity contribution in [1.82, 2.24) is 4.90 Å². The zero-order valence-electron chi connectivity index (χ0n) is 14.1. The summed E-state index contributed by atoms with van der Waals surface area (Å²) in [5.41, 5.74) is -0.984. The smallest absolute Gasteiger partial charge is 0.303 e. The Balaban J connectivity index is 1.97. The highest BCUT2D eigenvalue weighted by Crippen LogP contribution is 2.26. The second-order valence-electron chi connectivity index (χ2n) is 6.76. The van der Waals surface area contributed by atoms with Gasteiger partial charge in [-0.25, -0.2) is 0 Å². The zero-order valence-corrected chi connectivity index (χ0v) is 14.9. The topological polar surface area (TPSA) is 66.8 Å². The van der Waals surface area contributed by atoms with Crippen LogP contribution in [0.3, 0.4) is 0 Å². The van der Waals surface area contributed by atoms with Crippen molar-refractivity contribution in [3.63, 3.8) is 0 Å². The highest BCUT2D eigenvalue weighted by atomic mass is 35.5. The van der Waals surface area contributed by atoms with Crippen LogP contribution in [0.25, 0.3) is 0 Å². The lowest BCUT2D eigenvalue weighted by atomic mass is 9.92. The highest BCUT2D eigenvalue weighted by molar-refractivity contribution is 6.30. The van der Waals surface area contributed by atoms with Crippen LogP contribution in [0.4, 0.5) is 0 Å². The molecule has 0 radical (unpaired) electrons. The second-order valence-corrected chi connectivity index (χ2v) is 7.19. The number of carbonyl (C=O) groups is 2. The average Bonchev–Trinajstić information content (AvgIpc) is 2.54. The van der Waals surface area contributed by atoms with Gasteiger partial charge in [-0.2, -0.15) is 0 Å². The minimum absolute atomic E-state index is 0.0718. The Morgan fingerprint density at radius 3 is 2.62 bits per heavy atom. The molecule has 0 aromatic heterocycles. The summed E-state index contributed by atoms with van der Waals surface area (Å²) in [6, 6.07) is 6.92. The molecule has 0 bridgehead atoms. The molecule has 1 N–H and O–H groups in total. The number of nitrogens with zero attached hydrogens (tertiary/aromatic N) is 1. The molecule has 1 aliphatic heterocycles. The van der Waals surface area contributed by atoms with Crippen LogP contribution >= 0.6 is 11.6 Å². The normalized spacial score (nSPS) is 18.3. The summed E-state index contributed by atoms with van der Waals surface area (Å²) in [6.07, 6.45) is 2.62. The molecule has 1 atom stereocenters. The summed E-state index contributed by atoms with van der Waals surface area (Å²) in [5, 5.41) is 9.44. The first kappa shape index (κ1) is 18.6. The predicted molar refractivity (Wildman–Crippen MR) is 92.3 cm³/mol. The Labute approximate surface area is 147 Å². The van der Waals surface area contributed by atoms with Crippen molar-refractivity contribution >= 4 is 23.5 Å². The van der Waals surface area contributed by atoms with E-state index in [1.54, 1.807) is 43.0 Å². The van der Waals surface area contributed by atoms with E-state index in [1.807, 2.05) is 0 Å². The van der Waals surface area contributed by atoms with Gasteiger partial charge in [-0.1, -0.05) is 11.6 Å². The van der Waals surface area contributed by atoms with Crippen LogP contribution in [0, 0.1) is 5.92 Å². The Bertz CT molecular complexity index is 585. The van der Waals surface area contributed by atoms with Crippen LogP contribution in [0.2, 0.25) is 5.02 Å². The van der Waals surface area contributed by atoms with E-state index in [9.17, 15) is 9.59 Å². The van der Waals surface area contributed by atoms with Crippen molar-refractivity contribution in [2.24, 2.45) is 5.92 Å². The molecule has 24 heavy (non-hydrogen) atoms. The third-order valence-corrected chi connectivity index (χ3v) is 4.53. The number of piperidine rings is 1. The van der Waals surface area contributed by atoms with Crippen LogP contribution < -0.4 is 4.74 Å². The first-order valence-electron chi connectivity index (χ1n) is 8.23. The average molecular weight is 354 g/mol. The predicted octanol–water partition coefficient (Wildman–Crippen LogP) is 3.60. The lowest BCUT2D eigenvalue weighted by molar-refractivity contribution is -0.147. The van der Waals surface area contributed by atoms with E-state index in [0.29, 0.717) is 30.3 Å². The molecular formula is C18H24ClNO4. The first-order valence-corrected chi connectivity index (χ1v) is 8.61. The van der Waals surface area contributed by atoms with Crippen LogP contribution in [0.5, 0.6) is 5.75 Å². The van der Waals surface area contributed by atoms with Gasteiger partial charge >= 0.3 is 5.97 Å². The largest absolute Gasteiger partial charge is 0.481 e. The van der Waals surface area contributed by atoms with Gasteiger partial charge < -0.3 is 14.7 Å². The summed E-state index contributed by atoms with van der Waals surface area (Å²) in [5.74, 6) is -0.0235. The van der Waals surface area contributed by atoms with E-state index < -0.39 is 11.6 Å². The Kier molecular flexibility index (Phi) is 6.10. The minimum atomic E-state index is -0.984. The fraction of sp³-hybridized carbons (Fsp3) is 0.556. The van der Waals surface area contributed by atoms with Crippen LogP contribution in [0.15, 0.2) is 24.3 Å². The molecule has 2 rings (SSSR count). The number of carboxylic acids is 1. The standard InChI is InChI=1S/C18H24ClNO4/c1-18(2,24-15-8-6-14(19)7-9-15)17(23)20-11-3-4-13(12-20)5-10-16(21)22/h6-9,13H,3-5,10-12H2,1-2H3,(H,21,22). The molecule has 1 aromatic rings. The summed E-state index contributed by atoms with van der Waals surface area (Å²) >= 11 is 5.86. The molecule has 132 valence electrons. The number of likely N-dealkylation sites (tertiary alicyclic amines) is 1. The SMILES string of the molecule is CC(C)(Oc1ccc(Cl)cc1)C(=O)N1CCCC(CCC(=O)O)C1. The Morgan fingerprint density at radius 2 is 2.00 bits per heavy atom. The lowest BCUT2D eigenvalue weighted by Gasteiger charge is -2.37. The maximum Gasteiger partial charge on any atom is 0.303 e. The van der Waals surface area contributed by atoms with Crippen molar-refractivity contribution in [1.29, 1.82) is 0 Å². The van der Waals surface area contributed by atoms with E-state index in [-0.39, 0.29) is 18.2 Å². The summed E-state index contributed by atoms with van der Waals surface area (Å²) < 4.78 is 5.86. The van der Waals surface area contributed by atoms with Gasteiger partial charge in [-0.05, 0) is 63.3 Å². The molecule has 6 heteroatoms. The van der Waals surface area contributed by atoms with Gasteiger partial charge in [0, 0.05) is 24.5 Å². The quantitative estimate of drug-likeness (QED) is 0.848. The van der Waals surface area contributed by atoms with Crippen molar-refractivity contribution in [3.8, 4) is 5.75 Å². The van der Waals surface area contributed by atoms with E-state index in [4.69, 9.17) is 21.4 Å². The van der Waals surface area contributed by atoms with Crippen molar-refractivity contribution in [3.05, 3.63) is 29.3 Å². The molecule has 1 heterocycles. The molecule has 1 saturated heterocycles. The Hall–Kier alpha value is -1.75. The molecule has 1 aliphatic rings. The van der Waals surface area contributed by atoms with Gasteiger partial charge in [-0.3, -0.25) is 9.59 Å². The molecule has 5 nitrogen and oxygen atoms in total. The first-order chi connectivity index (χ1) is 11.3. The van der Waals surface area contributed by atoms with Gasteiger partial charge in [0.15, 0.2) is 5.60 Å². The number of ether oxygens (including phenoxy) is 1. The van der Waals surface area contributed by atoms with Crippen LogP contribution in [0.1, 0.15) is 39.5 Å². The molecule has 0 spiro atoms. The fourth-order valence-corrected chi connectivity index (χ4v) is 3.16. The number of carboxylic acid groups (broad SMARTS) is 1. The van der Waals surface area contributed by atoms with E-state index in [1.165, 1.54) is 0 Å². The third kappa shape index (κ3) is 5.13. The number of halogens is 1. The maximum atomic E-state index is 12.8. The van der Waals surface area contributed by atoms with Gasteiger partial charge in [-0.15, -0.1) is 0 Å². The van der Waals surface area contributed by atoms with Gasteiger partial charge in [0.2, 0.25) is 0 Å². The number of hydrogen-bond donors (Lipinski definition) is 1. The third-order valence-electron chi connectivity index (χ3n) is 4.27. The number of benzene rings is 1. The summed E-state index contributed by atoms with van der Waals surface area (Å²) in [4.78, 5) is 25.4. The highest BCUT2D eigenvalue weighted by Gasteiger charge is 2.36. The minimum Gasteiger partial charge on any atom is -0.481 e. The van der Waals surface area contributed by atoms with E-state index in [2.05, 4.69) is 0 Å². The number of carbonyl (C=O) groups excluding carboxylic acids is 1. The molecule has 1 fully saturated rings. The monoisotopic (exact) mass is 353 g/mol. The fourth-order valence-electron chi connectivity index (χ4n) is 3.03. The van der Waals surface area contributed by atoms with Gasteiger partial charge in [0.05, 0.1) is 0 Å². The molecule has 0 aliphatic carbocycles. The molecule has 1 unspecified atom stereocenters. The summed E-state index contributed by atoms with van der Waals surface area (Å²) in [6.45, 7) is 4.80. The van der Waals surface area contributed by atoms with Crippen molar-refractivity contribution in [2.45, 2.75) is 45.1 Å². The van der Waals surface area contributed by atoms with Crippen molar-refractivity contribution < 1.29 is 19.4 Å². The maximum absolute atomic E-state index is 12.8. The van der Waals surface area contributed by atoms with E-state index in [0.717, 1.165) is 12.8 Å². The van der Waals surface area contributed by atoms with Gasteiger partial charge in [0.25, 0.3) is 5.91 Å². The van der Waals surface area contributed by atoms with Gasteiger partial charge in [0.1, 0.15) is 5.75 Å². The molecule has 1 amide bonds. The second kappa shape index (κ2) is 7.88. The number of rotatable bonds is 6. The number of hydrogen-bond acceptors (Lipinski definition) is 3. The molecule has 0 saturated carbocycles. The van der Waals surface area contributed by atoms with Crippen LogP contribution in [-0.4, -0.2) is 40.6 Å². The molecule has 1 aromatic carbocycles. The zero-order chi connectivity index (χ0) is 17.7. The summed E-state index contributed by atoms with van der Waals surface area (Å²) in [7, 11) is 0. The van der Waals surface area contributed by atoms with E-state index >= 15 is 0 Å². The lowest BCUT2D eigenvalue weighted by Crippen LogP contribution is -2.52. The van der Waals surface area contributed by atoms with Crippen molar-refractivity contribution in [2.75, 3.05) is 13.1 Å².